The fraction of sp³-hybridized carbons (Fsp3) is 0.526. The first kappa shape index (κ1) is 21.3. The van der Waals surface area contributed by atoms with Crippen LogP contribution in [0.4, 0.5) is 4.79 Å². The molecular formula is C19H28N6O3. The molecule has 28 heavy (non-hydrogen) atoms. The molecule has 2 aromatic heterocycles. The molecule has 2 amide bonds. The first-order valence-electron chi connectivity index (χ1n) is 9.15. The molecule has 2 heterocycles. The zero-order chi connectivity index (χ0) is 21.2. The Morgan fingerprint density at radius 3 is 2.39 bits per heavy atom. The van der Waals surface area contributed by atoms with E-state index in [9.17, 15) is 14.7 Å². The Bertz CT molecular complexity index is 854. The number of aryl methyl sites for hydroxylation is 1. The number of carbonyl (C=O) groups is 2. The van der Waals surface area contributed by atoms with Crippen molar-refractivity contribution < 1.29 is 14.7 Å². The van der Waals surface area contributed by atoms with Crippen molar-refractivity contribution in [1.29, 1.82) is 0 Å². The van der Waals surface area contributed by atoms with E-state index in [0.29, 0.717) is 29.6 Å². The van der Waals surface area contributed by atoms with Crippen LogP contribution in [0.2, 0.25) is 0 Å². The third-order valence-electron chi connectivity index (χ3n) is 4.46. The minimum absolute atomic E-state index is 0.116. The van der Waals surface area contributed by atoms with Crippen molar-refractivity contribution in [2.75, 3.05) is 13.6 Å². The van der Waals surface area contributed by atoms with E-state index in [0.717, 1.165) is 0 Å². The highest BCUT2D eigenvalue weighted by molar-refractivity contribution is 5.93. The summed E-state index contributed by atoms with van der Waals surface area (Å²) < 4.78 is 1.53. The lowest BCUT2D eigenvalue weighted by atomic mass is 10.0. The van der Waals surface area contributed by atoms with Crippen LogP contribution < -0.4 is 0 Å². The quantitative estimate of drug-likeness (QED) is 0.844. The van der Waals surface area contributed by atoms with Crippen LogP contribution in [-0.4, -0.2) is 65.8 Å². The van der Waals surface area contributed by atoms with E-state index in [1.807, 2.05) is 27.7 Å². The highest BCUT2D eigenvalue weighted by Gasteiger charge is 2.34. The van der Waals surface area contributed by atoms with Gasteiger partial charge in [0.1, 0.15) is 5.82 Å². The Labute approximate surface area is 165 Å². The zero-order valence-corrected chi connectivity index (χ0v) is 17.5. The minimum Gasteiger partial charge on any atom is -0.465 e. The van der Waals surface area contributed by atoms with Crippen LogP contribution in [-0.2, 0) is 0 Å². The number of rotatable bonds is 5. The molecule has 0 spiro atoms. The van der Waals surface area contributed by atoms with Crippen LogP contribution in [0.25, 0.3) is 5.82 Å². The molecule has 0 bridgehead atoms. The van der Waals surface area contributed by atoms with Gasteiger partial charge in [0.2, 0.25) is 0 Å². The lowest BCUT2D eigenvalue weighted by Gasteiger charge is -2.37. The number of carbonyl (C=O) groups excluding carboxylic acids is 1. The van der Waals surface area contributed by atoms with E-state index in [1.165, 1.54) is 15.8 Å². The van der Waals surface area contributed by atoms with Crippen molar-refractivity contribution in [2.24, 2.45) is 0 Å². The van der Waals surface area contributed by atoms with Gasteiger partial charge in [-0.05, 0) is 53.7 Å². The van der Waals surface area contributed by atoms with Gasteiger partial charge in [0.25, 0.3) is 5.91 Å². The first-order chi connectivity index (χ1) is 13.0. The smallest absolute Gasteiger partial charge is 0.408 e. The maximum absolute atomic E-state index is 12.3. The van der Waals surface area contributed by atoms with E-state index in [1.54, 1.807) is 37.9 Å². The van der Waals surface area contributed by atoms with Crippen molar-refractivity contribution in [3.63, 3.8) is 0 Å². The van der Waals surface area contributed by atoms with Gasteiger partial charge in [-0.2, -0.15) is 4.68 Å². The van der Waals surface area contributed by atoms with Crippen LogP contribution in [0.3, 0.4) is 0 Å². The summed E-state index contributed by atoms with van der Waals surface area (Å²) in [6, 6.07) is 2.82. The Morgan fingerprint density at radius 2 is 1.93 bits per heavy atom. The summed E-state index contributed by atoms with van der Waals surface area (Å²) in [7, 11) is 1.73. The maximum atomic E-state index is 12.3. The summed E-state index contributed by atoms with van der Waals surface area (Å²) in [6.45, 7) is 11.5. The number of aromatic nitrogens is 4. The average molecular weight is 388 g/mol. The summed E-state index contributed by atoms with van der Waals surface area (Å²) in [5.74, 6) is 1.33. The first-order valence-corrected chi connectivity index (χ1v) is 9.15. The SMILES string of the molecule is CCN(C)C(=O)c1ccc(-n2nc(C)nc2[C@H](C)N(C(=O)O)C(C)(C)C)nc1. The van der Waals surface area contributed by atoms with Crippen molar-refractivity contribution in [3.05, 3.63) is 35.5 Å². The van der Waals surface area contributed by atoms with Crippen LogP contribution in [0.15, 0.2) is 18.3 Å². The number of amides is 2. The molecule has 0 aliphatic heterocycles. The third kappa shape index (κ3) is 4.29. The molecule has 2 rings (SSSR count). The minimum atomic E-state index is -1.04. The molecule has 1 N–H and O–H groups in total. The Morgan fingerprint density at radius 1 is 1.29 bits per heavy atom. The molecule has 0 saturated heterocycles. The normalized spacial score (nSPS) is 12.5. The molecule has 0 fully saturated rings. The molecule has 0 radical (unpaired) electrons. The van der Waals surface area contributed by atoms with Crippen molar-refractivity contribution in [1.82, 2.24) is 29.5 Å². The zero-order valence-electron chi connectivity index (χ0n) is 17.5. The van der Waals surface area contributed by atoms with Gasteiger partial charge in [0, 0.05) is 25.3 Å². The van der Waals surface area contributed by atoms with Gasteiger partial charge in [0.05, 0.1) is 11.6 Å². The molecule has 9 heteroatoms. The van der Waals surface area contributed by atoms with E-state index >= 15 is 0 Å². The topological polar surface area (TPSA) is 104 Å². The predicted molar refractivity (Wildman–Crippen MR) is 105 cm³/mol. The second-order valence-corrected chi connectivity index (χ2v) is 7.65. The number of hydrogen-bond donors (Lipinski definition) is 1. The van der Waals surface area contributed by atoms with Gasteiger partial charge >= 0.3 is 6.09 Å². The molecule has 9 nitrogen and oxygen atoms in total. The van der Waals surface area contributed by atoms with Crippen molar-refractivity contribution in [2.45, 2.75) is 53.1 Å². The van der Waals surface area contributed by atoms with Gasteiger partial charge in [-0.25, -0.2) is 14.8 Å². The van der Waals surface area contributed by atoms with E-state index in [-0.39, 0.29) is 5.91 Å². The Balaban J connectivity index is 2.44. The lowest BCUT2D eigenvalue weighted by molar-refractivity contribution is 0.0718. The van der Waals surface area contributed by atoms with E-state index in [2.05, 4.69) is 15.1 Å². The monoisotopic (exact) mass is 388 g/mol. The largest absolute Gasteiger partial charge is 0.465 e. The molecule has 0 saturated carbocycles. The van der Waals surface area contributed by atoms with Gasteiger partial charge in [-0.15, -0.1) is 5.10 Å². The Kier molecular flexibility index (Phi) is 6.06. The molecule has 0 aliphatic carbocycles. The highest BCUT2D eigenvalue weighted by Crippen LogP contribution is 2.28. The van der Waals surface area contributed by atoms with E-state index < -0.39 is 17.7 Å². The fourth-order valence-electron chi connectivity index (χ4n) is 3.02. The van der Waals surface area contributed by atoms with Crippen molar-refractivity contribution >= 4 is 12.0 Å². The summed E-state index contributed by atoms with van der Waals surface area (Å²) >= 11 is 0. The molecule has 2 aromatic rings. The summed E-state index contributed by atoms with van der Waals surface area (Å²) in [5, 5.41) is 14.1. The standard InChI is InChI=1S/C19H28N6O3/c1-8-23(7)17(26)14-9-10-15(20-11-14)25-16(21-13(3)22-25)12(2)24(18(27)28)19(4,5)6/h9-12H,8H2,1-7H3,(H,27,28)/t12-/m0/s1. The van der Waals surface area contributed by atoms with Crippen LogP contribution in [0.5, 0.6) is 0 Å². The average Bonchev–Trinajstić information content (AvgIpc) is 3.00. The summed E-state index contributed by atoms with van der Waals surface area (Å²) in [5.41, 5.74) is -0.147. The molecule has 1 atom stereocenters. The third-order valence-corrected chi connectivity index (χ3v) is 4.46. The lowest BCUT2D eigenvalue weighted by Crippen LogP contribution is -2.47. The van der Waals surface area contributed by atoms with Gasteiger partial charge in [-0.3, -0.25) is 9.69 Å². The van der Waals surface area contributed by atoms with Crippen LogP contribution in [0.1, 0.15) is 62.7 Å². The van der Waals surface area contributed by atoms with E-state index in [4.69, 9.17) is 0 Å². The maximum Gasteiger partial charge on any atom is 0.408 e. The number of hydrogen-bond acceptors (Lipinski definition) is 5. The summed E-state index contributed by atoms with van der Waals surface area (Å²) in [6.07, 6.45) is 0.456. The number of pyridine rings is 1. The Hall–Kier alpha value is -2.97. The van der Waals surface area contributed by atoms with Crippen molar-refractivity contribution in [3.8, 4) is 5.82 Å². The van der Waals surface area contributed by atoms with Gasteiger partial charge in [0.15, 0.2) is 11.6 Å². The van der Waals surface area contributed by atoms with Crippen LogP contribution >= 0.6 is 0 Å². The molecule has 0 aliphatic rings. The molecular weight excluding hydrogens is 360 g/mol. The highest BCUT2D eigenvalue weighted by atomic mass is 16.4. The van der Waals surface area contributed by atoms with Gasteiger partial charge < -0.3 is 10.0 Å². The fourth-order valence-corrected chi connectivity index (χ4v) is 3.02. The van der Waals surface area contributed by atoms with Gasteiger partial charge in [-0.1, -0.05) is 0 Å². The number of nitrogens with zero attached hydrogens (tertiary/aromatic N) is 6. The summed E-state index contributed by atoms with van der Waals surface area (Å²) in [4.78, 5) is 35.8. The second kappa shape index (κ2) is 7.95. The second-order valence-electron chi connectivity index (χ2n) is 7.65. The molecule has 0 unspecified atom stereocenters. The molecule has 152 valence electrons. The molecule has 0 aromatic carbocycles. The van der Waals surface area contributed by atoms with Crippen LogP contribution in [0, 0.1) is 6.92 Å². The predicted octanol–water partition coefficient (Wildman–Crippen LogP) is 2.90. The number of carboxylic acid groups (broad SMARTS) is 1.